The fraction of sp³-hybridized carbons (Fsp3) is 0.409. The Morgan fingerprint density at radius 2 is 1.85 bits per heavy atom. The van der Waals surface area contributed by atoms with Crippen LogP contribution in [-0.4, -0.2) is 21.3 Å². The fourth-order valence-electron chi connectivity index (χ4n) is 3.28. The Bertz CT molecular complexity index is 891. The number of ether oxygens (including phenoxy) is 1. The van der Waals surface area contributed by atoms with Gasteiger partial charge in [-0.1, -0.05) is 29.8 Å². The number of fused-ring (bicyclic) bond motifs is 1. The maximum Gasteiger partial charge on any atom is 0.141 e. The van der Waals surface area contributed by atoms with E-state index < -0.39 is 5.60 Å². The van der Waals surface area contributed by atoms with Crippen LogP contribution in [0.15, 0.2) is 42.5 Å². The quantitative estimate of drug-likeness (QED) is 0.625. The molecule has 0 saturated heterocycles. The molecule has 3 aromatic rings. The molecule has 0 aliphatic rings. The summed E-state index contributed by atoms with van der Waals surface area (Å²) >= 11 is 0. The van der Waals surface area contributed by atoms with Crippen molar-refractivity contribution >= 4 is 11.0 Å². The Morgan fingerprint density at radius 3 is 2.58 bits per heavy atom. The van der Waals surface area contributed by atoms with Crippen LogP contribution in [0.5, 0.6) is 5.75 Å². The molecular weight excluding hydrogens is 324 g/mol. The molecule has 1 N–H and O–H groups in total. The molecule has 0 radical (unpaired) electrons. The van der Waals surface area contributed by atoms with Gasteiger partial charge < -0.3 is 14.4 Å². The van der Waals surface area contributed by atoms with E-state index in [1.165, 1.54) is 11.1 Å². The Morgan fingerprint density at radius 1 is 1.08 bits per heavy atom. The van der Waals surface area contributed by atoms with E-state index in [9.17, 15) is 5.11 Å². The summed E-state index contributed by atoms with van der Waals surface area (Å²) in [5, 5.41) is 10.5. The third-order valence-corrected chi connectivity index (χ3v) is 4.57. The number of hydrogen-bond acceptors (Lipinski definition) is 3. The Labute approximate surface area is 155 Å². The van der Waals surface area contributed by atoms with E-state index in [1.54, 1.807) is 13.8 Å². The predicted molar refractivity (Wildman–Crippen MR) is 106 cm³/mol. The molecular formula is C22H28N2O2. The van der Waals surface area contributed by atoms with Crippen molar-refractivity contribution in [3.8, 4) is 5.75 Å². The minimum atomic E-state index is -0.964. The third-order valence-electron chi connectivity index (χ3n) is 4.57. The van der Waals surface area contributed by atoms with E-state index in [-0.39, 0.29) is 0 Å². The molecule has 3 rings (SSSR count). The van der Waals surface area contributed by atoms with Gasteiger partial charge in [0.25, 0.3) is 0 Å². The largest absolute Gasteiger partial charge is 0.493 e. The molecule has 0 unspecified atom stereocenters. The Hall–Kier alpha value is -2.33. The number of aryl methyl sites for hydroxylation is 3. The smallest absolute Gasteiger partial charge is 0.141 e. The Balaban J connectivity index is 1.63. The lowest BCUT2D eigenvalue weighted by atomic mass is 10.1. The van der Waals surface area contributed by atoms with Crippen LogP contribution < -0.4 is 4.74 Å². The molecule has 0 fully saturated rings. The number of rotatable bonds is 7. The summed E-state index contributed by atoms with van der Waals surface area (Å²) in [5.74, 6) is 1.68. The Kier molecular flexibility index (Phi) is 5.33. The van der Waals surface area contributed by atoms with Gasteiger partial charge in [-0.15, -0.1) is 0 Å². The first kappa shape index (κ1) is 18.5. The third kappa shape index (κ3) is 4.07. The molecule has 0 aliphatic heterocycles. The lowest BCUT2D eigenvalue weighted by Crippen LogP contribution is -2.22. The van der Waals surface area contributed by atoms with Crippen molar-refractivity contribution in [2.45, 2.75) is 52.7 Å². The summed E-state index contributed by atoms with van der Waals surface area (Å²) in [7, 11) is 0. The summed E-state index contributed by atoms with van der Waals surface area (Å²) in [5.41, 5.74) is 3.46. The molecule has 4 nitrogen and oxygen atoms in total. The second-order valence-corrected chi connectivity index (χ2v) is 7.46. The number of imidazole rings is 1. The first-order valence-corrected chi connectivity index (χ1v) is 9.24. The van der Waals surface area contributed by atoms with Gasteiger partial charge in [-0.2, -0.15) is 0 Å². The molecule has 2 aromatic carbocycles. The molecule has 4 heteroatoms. The number of aromatic nitrogens is 2. The van der Waals surface area contributed by atoms with Gasteiger partial charge in [0, 0.05) is 6.54 Å². The van der Waals surface area contributed by atoms with Crippen molar-refractivity contribution in [1.82, 2.24) is 9.55 Å². The van der Waals surface area contributed by atoms with E-state index in [4.69, 9.17) is 4.74 Å². The van der Waals surface area contributed by atoms with Gasteiger partial charge in [0.05, 0.1) is 17.6 Å². The van der Waals surface area contributed by atoms with Gasteiger partial charge in [0.1, 0.15) is 17.2 Å². The van der Waals surface area contributed by atoms with Crippen LogP contribution >= 0.6 is 0 Å². The number of hydrogen-bond donors (Lipinski definition) is 1. The highest BCUT2D eigenvalue weighted by Crippen LogP contribution is 2.25. The summed E-state index contributed by atoms with van der Waals surface area (Å²) < 4.78 is 8.05. The molecule has 0 amide bonds. The van der Waals surface area contributed by atoms with Crippen LogP contribution in [0.4, 0.5) is 0 Å². The standard InChI is InChI=1S/C22H28N2O2/c1-16-11-12-20(17(2)15-16)26-14-8-7-13-24-19-10-6-5-9-18(19)23-21(24)22(3,4)25/h5-6,9-12,15,25H,7-8,13-14H2,1-4H3. The number of nitrogens with zero attached hydrogens (tertiary/aromatic N) is 2. The highest BCUT2D eigenvalue weighted by atomic mass is 16.5. The van der Waals surface area contributed by atoms with Crippen LogP contribution in [-0.2, 0) is 12.1 Å². The van der Waals surface area contributed by atoms with Crippen LogP contribution in [0.2, 0.25) is 0 Å². The van der Waals surface area contributed by atoms with Gasteiger partial charge in [0.2, 0.25) is 0 Å². The maximum atomic E-state index is 10.5. The minimum Gasteiger partial charge on any atom is -0.493 e. The lowest BCUT2D eigenvalue weighted by molar-refractivity contribution is 0.0650. The monoisotopic (exact) mass is 352 g/mol. The summed E-state index contributed by atoms with van der Waals surface area (Å²) in [6.45, 7) is 9.24. The molecule has 138 valence electrons. The van der Waals surface area contributed by atoms with Gasteiger partial charge in [-0.3, -0.25) is 0 Å². The maximum absolute atomic E-state index is 10.5. The van der Waals surface area contributed by atoms with Crippen LogP contribution in [0.1, 0.15) is 43.6 Å². The summed E-state index contributed by atoms with van der Waals surface area (Å²) in [6, 6.07) is 14.3. The molecule has 1 aromatic heterocycles. The van der Waals surface area contributed by atoms with Crippen LogP contribution in [0.3, 0.4) is 0 Å². The van der Waals surface area contributed by atoms with Crippen molar-refractivity contribution in [3.05, 3.63) is 59.4 Å². The molecule has 26 heavy (non-hydrogen) atoms. The van der Waals surface area contributed by atoms with E-state index in [0.29, 0.717) is 12.4 Å². The molecule has 1 heterocycles. The SMILES string of the molecule is Cc1ccc(OCCCCn2c(C(C)(C)O)nc3ccccc32)c(C)c1. The number of aliphatic hydroxyl groups is 1. The molecule has 0 bridgehead atoms. The molecule has 0 atom stereocenters. The average molecular weight is 352 g/mol. The zero-order valence-electron chi connectivity index (χ0n) is 16.1. The highest BCUT2D eigenvalue weighted by Gasteiger charge is 2.24. The van der Waals surface area contributed by atoms with Gasteiger partial charge in [-0.05, 0) is 64.3 Å². The molecule has 0 spiro atoms. The van der Waals surface area contributed by atoms with Crippen LogP contribution in [0.25, 0.3) is 11.0 Å². The molecule has 0 saturated carbocycles. The van der Waals surface area contributed by atoms with Crippen molar-refractivity contribution in [1.29, 1.82) is 0 Å². The fourth-order valence-corrected chi connectivity index (χ4v) is 3.28. The zero-order chi connectivity index (χ0) is 18.7. The lowest BCUT2D eigenvalue weighted by Gasteiger charge is -2.19. The van der Waals surface area contributed by atoms with Gasteiger partial charge in [-0.25, -0.2) is 4.98 Å². The van der Waals surface area contributed by atoms with Crippen molar-refractivity contribution in [2.24, 2.45) is 0 Å². The predicted octanol–water partition coefficient (Wildman–Crippen LogP) is 4.74. The molecule has 0 aliphatic carbocycles. The number of unbranched alkanes of at least 4 members (excludes halogenated alkanes) is 1. The van der Waals surface area contributed by atoms with Crippen molar-refractivity contribution in [2.75, 3.05) is 6.61 Å². The van der Waals surface area contributed by atoms with Gasteiger partial charge in [0.15, 0.2) is 0 Å². The first-order valence-electron chi connectivity index (χ1n) is 9.24. The zero-order valence-corrected chi connectivity index (χ0v) is 16.1. The number of para-hydroxylation sites is 2. The van der Waals surface area contributed by atoms with E-state index in [1.807, 2.05) is 24.3 Å². The summed E-state index contributed by atoms with van der Waals surface area (Å²) in [6.07, 6.45) is 1.92. The topological polar surface area (TPSA) is 47.3 Å². The normalized spacial score (nSPS) is 11.9. The van der Waals surface area contributed by atoms with Crippen molar-refractivity contribution in [3.63, 3.8) is 0 Å². The minimum absolute atomic E-state index is 0.689. The van der Waals surface area contributed by atoms with Crippen LogP contribution in [0, 0.1) is 13.8 Å². The van der Waals surface area contributed by atoms with Gasteiger partial charge >= 0.3 is 0 Å². The van der Waals surface area contributed by atoms with E-state index in [2.05, 4.69) is 41.6 Å². The van der Waals surface area contributed by atoms with E-state index in [0.717, 1.165) is 36.2 Å². The highest BCUT2D eigenvalue weighted by molar-refractivity contribution is 5.76. The van der Waals surface area contributed by atoms with Crippen molar-refractivity contribution < 1.29 is 9.84 Å². The second kappa shape index (κ2) is 7.50. The second-order valence-electron chi connectivity index (χ2n) is 7.46. The average Bonchev–Trinajstić information content (AvgIpc) is 2.95. The summed E-state index contributed by atoms with van der Waals surface area (Å²) in [4.78, 5) is 4.63. The van der Waals surface area contributed by atoms with E-state index >= 15 is 0 Å². The first-order chi connectivity index (χ1) is 12.4. The number of benzene rings is 2.